The van der Waals surface area contributed by atoms with Gasteiger partial charge in [0, 0.05) is 0 Å². The maximum absolute atomic E-state index is 5.28. The van der Waals surface area contributed by atoms with E-state index in [0.717, 1.165) is 12.4 Å². The third-order valence-electron chi connectivity index (χ3n) is 0.820. The van der Waals surface area contributed by atoms with Crippen LogP contribution >= 0.6 is 12.0 Å². The summed E-state index contributed by atoms with van der Waals surface area (Å²) < 4.78 is 7.44. The standard InChI is InChI=1S/C7H10O.BrH.Tl/c1-4-6-7(3)8-5-2;;/h3-4,6H,1,5H2,2H3;1H;/q;;+1/p-1/b7-6+;;. The predicted octanol–water partition coefficient (Wildman–Crippen LogP) is 1.91. The molecule has 0 aromatic heterocycles. The molecule has 0 aromatic rings. The molecule has 0 radical (unpaired) electrons. The molecule has 0 atom stereocenters. The average Bonchev–Trinajstić information content (AvgIpc) is 1.90. The number of rotatable bonds is 4. The van der Waals surface area contributed by atoms with Crippen molar-refractivity contribution >= 4 is 36.9 Å². The first-order chi connectivity index (χ1) is 4.85. The Bertz CT molecular complexity index is 152. The maximum atomic E-state index is 5.28. The first kappa shape index (κ1) is 10.6. The number of hydrogen-bond acceptors (Lipinski definition) is 1. The summed E-state index contributed by atoms with van der Waals surface area (Å²) in [5, 5.41) is 0. The van der Waals surface area contributed by atoms with E-state index in [1.807, 2.05) is 13.0 Å². The van der Waals surface area contributed by atoms with Gasteiger partial charge < -0.3 is 0 Å². The van der Waals surface area contributed by atoms with Crippen molar-refractivity contribution in [2.75, 3.05) is 6.61 Å². The topological polar surface area (TPSA) is 9.23 Å². The van der Waals surface area contributed by atoms with E-state index in [4.69, 9.17) is 4.74 Å². The van der Waals surface area contributed by atoms with Gasteiger partial charge >= 0.3 is 79.6 Å². The van der Waals surface area contributed by atoms with Crippen LogP contribution in [0.3, 0.4) is 0 Å². The third kappa shape index (κ3) is 5.35. The Hall–Kier alpha value is 0.552. The van der Waals surface area contributed by atoms with Crippen LogP contribution in [-0.2, 0) is 4.74 Å². The number of allylic oxidation sites excluding steroid dienone is 3. The number of ether oxygens (including phenoxy) is 1. The van der Waals surface area contributed by atoms with E-state index in [1.54, 1.807) is 6.08 Å². The van der Waals surface area contributed by atoms with Gasteiger partial charge in [-0.25, -0.2) is 0 Å². The van der Waals surface area contributed by atoms with E-state index in [-0.39, 0.29) is 0 Å². The van der Waals surface area contributed by atoms with Crippen molar-refractivity contribution in [3.05, 3.63) is 24.5 Å². The van der Waals surface area contributed by atoms with Crippen LogP contribution < -0.4 is 0 Å². The van der Waals surface area contributed by atoms with Gasteiger partial charge in [0.25, 0.3) is 0 Å². The second kappa shape index (κ2) is 7.66. The molecule has 10 heavy (non-hydrogen) atoms. The average molecular weight is 394 g/mol. The van der Waals surface area contributed by atoms with Gasteiger partial charge in [0.1, 0.15) is 0 Å². The van der Waals surface area contributed by atoms with E-state index < -0.39 is 21.3 Å². The molecule has 0 fully saturated rings. The molecule has 0 aliphatic rings. The van der Waals surface area contributed by atoms with Gasteiger partial charge in [-0.15, -0.1) is 0 Å². The molecule has 0 spiro atoms. The Morgan fingerprint density at radius 2 is 2.50 bits per heavy atom. The Morgan fingerprint density at radius 3 is 2.90 bits per heavy atom. The Kier molecular flexibility index (Phi) is 8.08. The second-order valence-electron chi connectivity index (χ2n) is 1.53. The van der Waals surface area contributed by atoms with Gasteiger partial charge in [-0.3, -0.25) is 0 Å². The molecule has 0 rings (SSSR count). The molecule has 0 aromatic carbocycles. The summed E-state index contributed by atoms with van der Waals surface area (Å²) in [6.45, 7) is 6.31. The first-order valence-electron chi connectivity index (χ1n) is 3.07. The molecule has 0 aliphatic carbocycles. The molecule has 0 saturated carbocycles. The molecule has 1 nitrogen and oxygen atoms in total. The van der Waals surface area contributed by atoms with Gasteiger partial charge in [0.15, 0.2) is 0 Å². The fraction of sp³-hybridized carbons (Fsp3) is 0.286. The molecular formula is C7H10BrOTl. The van der Waals surface area contributed by atoms with E-state index in [0.29, 0.717) is 0 Å². The molecule has 0 saturated heterocycles. The Labute approximate surface area is 79.1 Å². The van der Waals surface area contributed by atoms with Crippen LogP contribution in [0.5, 0.6) is 0 Å². The van der Waals surface area contributed by atoms with Crippen molar-refractivity contribution in [3.8, 4) is 0 Å². The Morgan fingerprint density at radius 1 is 1.80 bits per heavy atom. The van der Waals surface area contributed by atoms with Crippen molar-refractivity contribution < 1.29 is 4.74 Å². The minimum atomic E-state index is -0.748. The zero-order valence-corrected chi connectivity index (χ0v) is 12.1. The van der Waals surface area contributed by atoms with Crippen molar-refractivity contribution in [1.29, 1.82) is 0 Å². The summed E-state index contributed by atoms with van der Waals surface area (Å²) in [5.41, 5.74) is 0. The number of hydrogen-bond donors (Lipinski definition) is 0. The number of halogens is 1. The van der Waals surface area contributed by atoms with Crippen molar-refractivity contribution in [1.82, 2.24) is 0 Å². The van der Waals surface area contributed by atoms with Crippen molar-refractivity contribution in [2.24, 2.45) is 0 Å². The van der Waals surface area contributed by atoms with Crippen LogP contribution in [0.1, 0.15) is 6.92 Å². The summed E-state index contributed by atoms with van der Waals surface area (Å²) in [6.07, 6.45) is 3.64. The van der Waals surface area contributed by atoms with Crippen LogP contribution in [0.2, 0.25) is 0 Å². The monoisotopic (exact) mass is 394 g/mol. The van der Waals surface area contributed by atoms with E-state index >= 15 is 0 Å². The first-order valence-corrected chi connectivity index (χ1v) is 15.4. The zero-order valence-electron chi connectivity index (χ0n) is 6.01. The van der Waals surface area contributed by atoms with Gasteiger partial charge in [-0.2, -0.15) is 0 Å². The summed E-state index contributed by atoms with van der Waals surface area (Å²) in [7, 11) is 0. The molecule has 0 aliphatic heterocycles. The third-order valence-corrected chi connectivity index (χ3v) is 4.91. The van der Waals surface area contributed by atoms with Crippen LogP contribution in [0.25, 0.3) is 0 Å². The van der Waals surface area contributed by atoms with E-state index in [9.17, 15) is 0 Å². The summed E-state index contributed by atoms with van der Waals surface area (Å²) in [4.78, 5) is 0. The van der Waals surface area contributed by atoms with E-state index in [1.165, 1.54) is 0 Å². The second-order valence-corrected chi connectivity index (χ2v) is 8.44. The molecule has 3 heteroatoms. The molecular weight excluding hydrogens is 384 g/mol. The fourth-order valence-corrected chi connectivity index (χ4v) is 4.07. The quantitative estimate of drug-likeness (QED) is 0.402. The molecule has 0 bridgehead atoms. The van der Waals surface area contributed by atoms with Gasteiger partial charge in [-0.05, 0) is 0 Å². The van der Waals surface area contributed by atoms with Gasteiger partial charge in [0.05, 0.1) is 0 Å². The normalized spacial score (nSPS) is 11.2. The zero-order chi connectivity index (χ0) is 7.82. The Balaban J connectivity index is 3.96. The predicted molar refractivity (Wildman–Crippen MR) is 50.7 cm³/mol. The summed E-state index contributed by atoms with van der Waals surface area (Å²) in [5.74, 6) is 0.962. The van der Waals surface area contributed by atoms with Gasteiger partial charge in [0.2, 0.25) is 0 Å². The van der Waals surface area contributed by atoms with Crippen LogP contribution in [0.15, 0.2) is 24.5 Å². The molecule has 0 unspecified atom stereocenters. The summed E-state index contributed by atoms with van der Waals surface area (Å²) >= 11 is 2.74. The van der Waals surface area contributed by atoms with Crippen LogP contribution in [0.4, 0.5) is 0 Å². The summed E-state index contributed by atoms with van der Waals surface area (Å²) in [6, 6.07) is 0. The van der Waals surface area contributed by atoms with Crippen LogP contribution in [-0.4, -0.2) is 31.5 Å². The van der Waals surface area contributed by atoms with Crippen molar-refractivity contribution in [3.63, 3.8) is 0 Å². The molecule has 0 amide bonds. The van der Waals surface area contributed by atoms with Crippen molar-refractivity contribution in [2.45, 2.75) is 6.92 Å². The minimum absolute atomic E-state index is 0.731. The van der Waals surface area contributed by atoms with E-state index in [2.05, 4.69) is 22.1 Å². The molecule has 54 valence electrons. The fourth-order valence-electron chi connectivity index (χ4n) is 0.497. The van der Waals surface area contributed by atoms with Gasteiger partial charge in [-0.1, -0.05) is 0 Å². The SMILES string of the molecule is C=C/C=C(\[CH]=[Tl][Br])OCC. The molecule has 0 heterocycles. The molecule has 0 N–H and O–H groups in total. The van der Waals surface area contributed by atoms with Crippen LogP contribution in [0, 0.1) is 0 Å².